The van der Waals surface area contributed by atoms with Gasteiger partial charge in [-0.15, -0.1) is 0 Å². The van der Waals surface area contributed by atoms with Gasteiger partial charge in [-0.2, -0.15) is 0 Å². The lowest BCUT2D eigenvalue weighted by atomic mass is 9.86. The minimum absolute atomic E-state index is 0.260. The van der Waals surface area contributed by atoms with Crippen molar-refractivity contribution in [1.82, 2.24) is 5.32 Å². The fourth-order valence-electron chi connectivity index (χ4n) is 7.04. The van der Waals surface area contributed by atoms with Crippen molar-refractivity contribution >= 4 is 5.97 Å². The molecule has 5 aromatic carbocycles. The number of hydrogen-bond acceptors (Lipinski definition) is 5. The standard InChI is InChI=1S/C45H49NO4/c1-3-48-44(45(47)49-4-2)31-35-15-21-40(22-16-35)50-26-25-46-32-43-41-23-17-36(27-33-11-7-5-8-12-33)29-38(41)19-20-39-30-37(18-24-42(39)43)28-34-13-9-6-10-14-34/h5-18,21-24,29-30,43-44,46H,3-4,19-20,25-28,31-32H2,1-2H3. The van der Waals surface area contributed by atoms with Gasteiger partial charge >= 0.3 is 5.97 Å². The number of nitrogens with one attached hydrogen (secondary N) is 1. The molecule has 1 aliphatic carbocycles. The molecule has 50 heavy (non-hydrogen) atoms. The van der Waals surface area contributed by atoms with Crippen molar-refractivity contribution in [2.45, 2.75) is 58.0 Å². The van der Waals surface area contributed by atoms with Crippen molar-refractivity contribution in [1.29, 1.82) is 0 Å². The van der Waals surface area contributed by atoms with Crippen LogP contribution in [0.3, 0.4) is 0 Å². The van der Waals surface area contributed by atoms with E-state index in [4.69, 9.17) is 14.2 Å². The first-order valence-corrected chi connectivity index (χ1v) is 18.1. The van der Waals surface area contributed by atoms with E-state index in [2.05, 4.69) is 102 Å². The molecule has 0 heterocycles. The van der Waals surface area contributed by atoms with Crippen molar-refractivity contribution in [3.05, 3.63) is 171 Å². The molecule has 0 radical (unpaired) electrons. The van der Waals surface area contributed by atoms with Crippen molar-refractivity contribution in [3.8, 4) is 5.75 Å². The smallest absolute Gasteiger partial charge is 0.335 e. The van der Waals surface area contributed by atoms with E-state index in [-0.39, 0.29) is 11.9 Å². The van der Waals surface area contributed by atoms with Gasteiger partial charge in [0.25, 0.3) is 0 Å². The summed E-state index contributed by atoms with van der Waals surface area (Å²) in [6, 6.07) is 43.7. The van der Waals surface area contributed by atoms with E-state index in [1.165, 1.54) is 44.5 Å². The number of carbonyl (C=O) groups excluding carboxylic acids is 1. The maximum absolute atomic E-state index is 12.3. The van der Waals surface area contributed by atoms with Crippen LogP contribution < -0.4 is 10.1 Å². The van der Waals surface area contributed by atoms with E-state index in [1.807, 2.05) is 38.1 Å². The van der Waals surface area contributed by atoms with Crippen LogP contribution in [0.2, 0.25) is 0 Å². The molecule has 1 N–H and O–H groups in total. The van der Waals surface area contributed by atoms with Crippen molar-refractivity contribution < 1.29 is 19.0 Å². The first kappa shape index (κ1) is 35.1. The van der Waals surface area contributed by atoms with Crippen LogP contribution in [-0.4, -0.2) is 45.0 Å². The molecule has 0 spiro atoms. The highest BCUT2D eigenvalue weighted by Crippen LogP contribution is 2.35. The highest BCUT2D eigenvalue weighted by atomic mass is 16.6. The molecule has 1 aliphatic rings. The summed E-state index contributed by atoms with van der Waals surface area (Å²) < 4.78 is 16.9. The van der Waals surface area contributed by atoms with Gasteiger partial charge < -0.3 is 19.5 Å². The lowest BCUT2D eigenvalue weighted by molar-refractivity contribution is -0.156. The number of esters is 1. The largest absolute Gasteiger partial charge is 0.492 e. The third kappa shape index (κ3) is 9.50. The van der Waals surface area contributed by atoms with E-state index in [1.54, 1.807) is 0 Å². The number of aryl methyl sites for hydroxylation is 2. The van der Waals surface area contributed by atoms with E-state index >= 15 is 0 Å². The lowest BCUT2D eigenvalue weighted by Gasteiger charge is -2.22. The van der Waals surface area contributed by atoms with Crippen LogP contribution >= 0.6 is 0 Å². The molecule has 0 saturated carbocycles. The first-order valence-electron chi connectivity index (χ1n) is 18.1. The fourth-order valence-corrected chi connectivity index (χ4v) is 7.04. The second-order valence-corrected chi connectivity index (χ2v) is 13.0. The molecule has 1 unspecified atom stereocenters. The summed E-state index contributed by atoms with van der Waals surface area (Å²) in [5, 5.41) is 3.73. The number of hydrogen-bond donors (Lipinski definition) is 1. The molecule has 5 aromatic rings. The van der Waals surface area contributed by atoms with E-state index in [9.17, 15) is 4.79 Å². The quantitative estimate of drug-likeness (QED) is 0.0848. The van der Waals surface area contributed by atoms with Gasteiger partial charge in [-0.05, 0) is 102 Å². The van der Waals surface area contributed by atoms with E-state index in [0.29, 0.717) is 26.2 Å². The average Bonchev–Trinajstić information content (AvgIpc) is 3.29. The zero-order chi connectivity index (χ0) is 34.5. The van der Waals surface area contributed by atoms with Gasteiger partial charge in [-0.25, -0.2) is 4.79 Å². The Labute approximate surface area is 297 Å². The van der Waals surface area contributed by atoms with E-state index in [0.717, 1.165) is 50.1 Å². The van der Waals surface area contributed by atoms with Crippen molar-refractivity contribution in [3.63, 3.8) is 0 Å². The molecule has 5 heteroatoms. The Morgan fingerprint density at radius 1 is 0.680 bits per heavy atom. The molecular formula is C45H49NO4. The maximum Gasteiger partial charge on any atom is 0.335 e. The fraction of sp³-hybridized carbons (Fsp3) is 0.311. The number of carbonyl (C=O) groups is 1. The minimum atomic E-state index is -0.596. The van der Waals surface area contributed by atoms with Gasteiger partial charge in [0.15, 0.2) is 6.10 Å². The summed E-state index contributed by atoms with van der Waals surface area (Å²) in [5.74, 6) is 0.748. The van der Waals surface area contributed by atoms with Crippen LogP contribution in [0.25, 0.3) is 0 Å². The SMILES string of the molecule is CCOC(=O)C(Cc1ccc(OCCNCC2c3ccc(Cc4ccccc4)cc3CCc3cc(Cc4ccccc4)ccc32)cc1)OCC. The second kappa shape index (κ2) is 17.8. The summed E-state index contributed by atoms with van der Waals surface area (Å²) in [6.07, 6.45) is 3.85. The Kier molecular flexibility index (Phi) is 12.5. The molecule has 1 atom stereocenters. The Hall–Kier alpha value is -4.71. The zero-order valence-corrected chi connectivity index (χ0v) is 29.4. The highest BCUT2D eigenvalue weighted by Gasteiger charge is 2.24. The third-order valence-corrected chi connectivity index (χ3v) is 9.49. The molecule has 0 amide bonds. The Bertz CT molecular complexity index is 1710. The van der Waals surface area contributed by atoms with Gasteiger partial charge in [-0.1, -0.05) is 109 Å². The Balaban J connectivity index is 1.11. The lowest BCUT2D eigenvalue weighted by Crippen LogP contribution is -2.29. The number of fused-ring (bicyclic) bond motifs is 2. The molecule has 0 bridgehead atoms. The summed E-state index contributed by atoms with van der Waals surface area (Å²) in [7, 11) is 0. The predicted octanol–water partition coefficient (Wildman–Crippen LogP) is 8.28. The van der Waals surface area contributed by atoms with Crippen LogP contribution in [0.1, 0.15) is 69.8 Å². The van der Waals surface area contributed by atoms with Crippen LogP contribution in [0.15, 0.2) is 121 Å². The molecule has 5 nitrogen and oxygen atoms in total. The summed E-state index contributed by atoms with van der Waals surface area (Å²) in [4.78, 5) is 12.3. The third-order valence-electron chi connectivity index (χ3n) is 9.49. The van der Waals surface area contributed by atoms with E-state index < -0.39 is 6.10 Å². The molecule has 0 aromatic heterocycles. The number of rotatable bonds is 16. The molecular weight excluding hydrogens is 618 g/mol. The molecule has 6 rings (SSSR count). The van der Waals surface area contributed by atoms with Gasteiger partial charge in [-0.3, -0.25) is 0 Å². The van der Waals surface area contributed by atoms with Gasteiger partial charge in [0, 0.05) is 32.0 Å². The topological polar surface area (TPSA) is 56.8 Å². The molecule has 0 fully saturated rings. The van der Waals surface area contributed by atoms with Crippen LogP contribution in [0, 0.1) is 0 Å². The molecule has 0 aliphatic heterocycles. The summed E-state index contributed by atoms with van der Waals surface area (Å²) in [6.45, 7) is 6.62. The number of benzene rings is 5. The van der Waals surface area contributed by atoms with Gasteiger partial charge in [0.05, 0.1) is 6.61 Å². The van der Waals surface area contributed by atoms with Gasteiger partial charge in [0.1, 0.15) is 12.4 Å². The number of ether oxygens (including phenoxy) is 3. The second-order valence-electron chi connectivity index (χ2n) is 13.0. The van der Waals surface area contributed by atoms with Crippen molar-refractivity contribution in [2.24, 2.45) is 0 Å². The molecule has 0 saturated heterocycles. The van der Waals surface area contributed by atoms with Crippen molar-refractivity contribution in [2.75, 3.05) is 32.9 Å². The zero-order valence-electron chi connectivity index (χ0n) is 29.4. The summed E-state index contributed by atoms with van der Waals surface area (Å²) >= 11 is 0. The van der Waals surface area contributed by atoms with Crippen LogP contribution in [-0.2, 0) is 46.4 Å². The van der Waals surface area contributed by atoms with Crippen LogP contribution in [0.5, 0.6) is 5.75 Å². The monoisotopic (exact) mass is 667 g/mol. The van der Waals surface area contributed by atoms with Gasteiger partial charge in [0.2, 0.25) is 0 Å². The average molecular weight is 668 g/mol. The van der Waals surface area contributed by atoms with Crippen LogP contribution in [0.4, 0.5) is 0 Å². The maximum atomic E-state index is 12.3. The Morgan fingerprint density at radius 2 is 1.24 bits per heavy atom. The predicted molar refractivity (Wildman–Crippen MR) is 201 cm³/mol. The minimum Gasteiger partial charge on any atom is -0.492 e. The first-order chi connectivity index (χ1) is 24.6. The highest BCUT2D eigenvalue weighted by molar-refractivity contribution is 5.75. The molecule has 258 valence electrons. The Morgan fingerprint density at radius 3 is 1.78 bits per heavy atom. The summed E-state index contributed by atoms with van der Waals surface area (Å²) in [5.41, 5.74) is 12.2. The normalized spacial score (nSPS) is 13.2.